The molecule has 1 aliphatic heterocycles. The van der Waals surface area contributed by atoms with Crippen LogP contribution in [0, 0.1) is 0 Å². The average Bonchev–Trinajstić information content (AvgIpc) is 2.51. The molecule has 0 bridgehead atoms. The molecule has 0 saturated carbocycles. The molecule has 2 rings (SSSR count). The largest absolute Gasteiger partial charge is 0.330 e. The van der Waals surface area contributed by atoms with Crippen LogP contribution in [0.15, 0.2) is 40.3 Å². The summed E-state index contributed by atoms with van der Waals surface area (Å²) >= 11 is 0. The maximum absolute atomic E-state index is 13.3. The number of allylic oxidation sites excluding steroid dienone is 4. The number of nitrogens with two attached hydrogens (primary N) is 1. The van der Waals surface area contributed by atoms with Crippen LogP contribution in [0.1, 0.15) is 12.8 Å². The minimum absolute atomic E-state index is 0.179. The minimum Gasteiger partial charge on any atom is -0.330 e. The van der Waals surface area contributed by atoms with E-state index in [1.54, 1.807) is 12.3 Å². The van der Waals surface area contributed by atoms with E-state index >= 15 is 0 Å². The van der Waals surface area contributed by atoms with Crippen LogP contribution in [0.4, 0.5) is 4.39 Å². The number of fused-ring (bicyclic) bond motifs is 1. The van der Waals surface area contributed by atoms with Crippen molar-refractivity contribution in [2.24, 2.45) is 10.7 Å². The lowest BCUT2D eigenvalue weighted by atomic mass is 9.95. The van der Waals surface area contributed by atoms with E-state index in [-0.39, 0.29) is 5.83 Å². The molecule has 3 heteroatoms. The van der Waals surface area contributed by atoms with Gasteiger partial charge in [-0.3, -0.25) is 4.99 Å². The summed E-state index contributed by atoms with van der Waals surface area (Å²) in [7, 11) is 0. The van der Waals surface area contributed by atoms with E-state index in [0.717, 1.165) is 17.7 Å². The Morgan fingerprint density at radius 1 is 1.54 bits per heavy atom. The second-order valence-corrected chi connectivity index (χ2v) is 3.10. The van der Waals surface area contributed by atoms with Gasteiger partial charge in [-0.1, -0.05) is 6.08 Å². The molecule has 0 unspecified atom stereocenters. The lowest BCUT2D eigenvalue weighted by Crippen LogP contribution is -2.08. The molecule has 0 fully saturated rings. The van der Waals surface area contributed by atoms with Crippen molar-refractivity contribution in [3.8, 4) is 0 Å². The zero-order valence-corrected chi connectivity index (χ0v) is 7.26. The molecule has 0 aromatic carbocycles. The molecular formula is C10H11FN2. The van der Waals surface area contributed by atoms with E-state index in [1.807, 2.05) is 0 Å². The van der Waals surface area contributed by atoms with E-state index in [9.17, 15) is 4.39 Å². The molecule has 0 saturated heterocycles. The molecule has 1 heterocycles. The Morgan fingerprint density at radius 2 is 2.38 bits per heavy atom. The quantitative estimate of drug-likeness (QED) is 0.688. The van der Waals surface area contributed by atoms with Gasteiger partial charge < -0.3 is 5.73 Å². The lowest BCUT2D eigenvalue weighted by molar-refractivity contribution is 0.658. The average molecular weight is 178 g/mol. The maximum Gasteiger partial charge on any atom is 0.132 e. The molecule has 1 aliphatic carbocycles. The van der Waals surface area contributed by atoms with E-state index in [2.05, 4.69) is 4.99 Å². The van der Waals surface area contributed by atoms with Crippen LogP contribution in [-0.4, -0.2) is 12.3 Å². The Kier molecular flexibility index (Phi) is 2.10. The second kappa shape index (κ2) is 3.26. The Bertz CT molecular complexity index is 348. The Hall–Kier alpha value is -1.22. The van der Waals surface area contributed by atoms with Crippen LogP contribution in [0.2, 0.25) is 0 Å². The molecule has 0 radical (unpaired) electrons. The van der Waals surface area contributed by atoms with E-state index in [4.69, 9.17) is 5.73 Å². The molecular weight excluding hydrogens is 167 g/mol. The Morgan fingerprint density at radius 3 is 3.15 bits per heavy atom. The molecule has 68 valence electrons. The molecule has 2 nitrogen and oxygen atoms in total. The van der Waals surface area contributed by atoms with Gasteiger partial charge in [-0.05, 0) is 24.6 Å². The molecule has 13 heavy (non-hydrogen) atoms. The zero-order valence-electron chi connectivity index (χ0n) is 7.26. The third kappa shape index (κ3) is 1.35. The third-order valence-corrected chi connectivity index (χ3v) is 2.21. The van der Waals surface area contributed by atoms with Crippen molar-refractivity contribution in [1.29, 1.82) is 0 Å². The summed E-state index contributed by atoms with van der Waals surface area (Å²) in [5.41, 5.74) is 7.86. The van der Waals surface area contributed by atoms with Crippen molar-refractivity contribution in [2.45, 2.75) is 12.8 Å². The molecule has 0 atom stereocenters. The van der Waals surface area contributed by atoms with Crippen LogP contribution >= 0.6 is 0 Å². The topological polar surface area (TPSA) is 38.4 Å². The molecule has 2 N–H and O–H groups in total. The first-order chi connectivity index (χ1) is 6.33. The SMILES string of the molecule is NCCC1=CN=C2CC=CC(F)=C12. The monoisotopic (exact) mass is 178 g/mol. The summed E-state index contributed by atoms with van der Waals surface area (Å²) in [4.78, 5) is 4.16. The van der Waals surface area contributed by atoms with Gasteiger partial charge in [-0.2, -0.15) is 0 Å². The first-order valence-corrected chi connectivity index (χ1v) is 4.36. The number of hydrogen-bond acceptors (Lipinski definition) is 2. The fourth-order valence-electron chi connectivity index (χ4n) is 1.62. The summed E-state index contributed by atoms with van der Waals surface area (Å²) in [6.07, 6.45) is 6.45. The minimum atomic E-state index is -0.179. The summed E-state index contributed by atoms with van der Waals surface area (Å²) in [6, 6.07) is 0. The van der Waals surface area contributed by atoms with Gasteiger partial charge >= 0.3 is 0 Å². The van der Waals surface area contributed by atoms with E-state index in [1.165, 1.54) is 6.08 Å². The number of aliphatic imine (C=N–C) groups is 1. The number of rotatable bonds is 2. The number of hydrogen-bond donors (Lipinski definition) is 1. The van der Waals surface area contributed by atoms with Crippen molar-refractivity contribution in [1.82, 2.24) is 0 Å². The summed E-state index contributed by atoms with van der Waals surface area (Å²) < 4.78 is 13.3. The first kappa shape index (κ1) is 8.38. The fraction of sp³-hybridized carbons (Fsp3) is 0.300. The van der Waals surface area contributed by atoms with Gasteiger partial charge in [-0.15, -0.1) is 0 Å². The number of nitrogens with zero attached hydrogens (tertiary/aromatic N) is 1. The van der Waals surface area contributed by atoms with Crippen LogP contribution in [0.25, 0.3) is 0 Å². The van der Waals surface area contributed by atoms with Gasteiger partial charge in [0.2, 0.25) is 0 Å². The Balaban J connectivity index is 2.33. The van der Waals surface area contributed by atoms with Gasteiger partial charge in [0, 0.05) is 18.2 Å². The highest BCUT2D eigenvalue weighted by molar-refractivity contribution is 6.08. The second-order valence-electron chi connectivity index (χ2n) is 3.10. The van der Waals surface area contributed by atoms with Crippen molar-refractivity contribution in [3.63, 3.8) is 0 Å². The van der Waals surface area contributed by atoms with E-state index < -0.39 is 0 Å². The van der Waals surface area contributed by atoms with Crippen molar-refractivity contribution >= 4 is 5.71 Å². The molecule has 2 aliphatic rings. The zero-order chi connectivity index (χ0) is 9.26. The van der Waals surface area contributed by atoms with Gasteiger partial charge in [0.25, 0.3) is 0 Å². The maximum atomic E-state index is 13.3. The molecule has 0 aromatic rings. The predicted octanol–water partition coefficient (Wildman–Crippen LogP) is 1.86. The highest BCUT2D eigenvalue weighted by Crippen LogP contribution is 2.30. The highest BCUT2D eigenvalue weighted by Gasteiger charge is 2.22. The van der Waals surface area contributed by atoms with Gasteiger partial charge in [0.1, 0.15) is 5.83 Å². The molecule has 0 amide bonds. The van der Waals surface area contributed by atoms with Crippen LogP contribution in [-0.2, 0) is 0 Å². The van der Waals surface area contributed by atoms with E-state index in [0.29, 0.717) is 18.5 Å². The van der Waals surface area contributed by atoms with Gasteiger partial charge in [0.05, 0.1) is 5.71 Å². The smallest absolute Gasteiger partial charge is 0.132 e. The Labute approximate surface area is 76.3 Å². The lowest BCUT2D eigenvalue weighted by Gasteiger charge is -2.10. The molecule has 0 spiro atoms. The van der Waals surface area contributed by atoms with Crippen LogP contribution in [0.3, 0.4) is 0 Å². The third-order valence-electron chi connectivity index (χ3n) is 2.21. The number of halogens is 1. The summed E-state index contributed by atoms with van der Waals surface area (Å²) in [6.45, 7) is 0.537. The fourth-order valence-corrected chi connectivity index (χ4v) is 1.62. The van der Waals surface area contributed by atoms with Gasteiger partial charge in [0.15, 0.2) is 0 Å². The van der Waals surface area contributed by atoms with Gasteiger partial charge in [-0.25, -0.2) is 4.39 Å². The summed E-state index contributed by atoms with van der Waals surface area (Å²) in [5.74, 6) is -0.179. The predicted molar refractivity (Wildman–Crippen MR) is 51.1 cm³/mol. The normalized spacial score (nSPS) is 20.2. The summed E-state index contributed by atoms with van der Waals surface area (Å²) in [5, 5.41) is 0. The van der Waals surface area contributed by atoms with Crippen LogP contribution in [0.5, 0.6) is 0 Å². The van der Waals surface area contributed by atoms with Crippen molar-refractivity contribution < 1.29 is 4.39 Å². The molecule has 0 aromatic heterocycles. The van der Waals surface area contributed by atoms with Crippen molar-refractivity contribution in [3.05, 3.63) is 35.3 Å². The van der Waals surface area contributed by atoms with Crippen LogP contribution < -0.4 is 5.73 Å². The highest BCUT2D eigenvalue weighted by atomic mass is 19.1. The first-order valence-electron chi connectivity index (χ1n) is 4.36. The standard InChI is InChI=1S/C10H11FN2/c11-8-2-1-3-9-10(8)7(4-5-12)6-13-9/h1-2,6H,3-5,12H2. The van der Waals surface area contributed by atoms with Crippen molar-refractivity contribution in [2.75, 3.05) is 6.54 Å².